The van der Waals surface area contributed by atoms with Crippen LogP contribution in [0.15, 0.2) is 97.1 Å². The predicted molar refractivity (Wildman–Crippen MR) is 228 cm³/mol. The van der Waals surface area contributed by atoms with E-state index in [0.29, 0.717) is 61.8 Å². The molecule has 0 unspecified atom stereocenters. The smallest absolute Gasteiger partial charge is 0.317 e. The number of ether oxygens (including phenoxy) is 4. The predicted octanol–water partition coefficient (Wildman–Crippen LogP) is 4.23. The lowest BCUT2D eigenvalue weighted by Crippen LogP contribution is -2.60. The molecule has 5 rings (SSSR count). The highest BCUT2D eigenvalue weighted by Crippen LogP contribution is 2.24. The number of carbonyl (C=O) groups is 3. The van der Waals surface area contributed by atoms with Crippen LogP contribution in [0.3, 0.4) is 0 Å². The molecule has 14 heteroatoms. The van der Waals surface area contributed by atoms with E-state index in [1.807, 2.05) is 112 Å². The van der Waals surface area contributed by atoms with Gasteiger partial charge in [-0.25, -0.2) is 0 Å². The highest BCUT2D eigenvalue weighted by atomic mass is 16.5. The first-order chi connectivity index (χ1) is 28.9. The van der Waals surface area contributed by atoms with E-state index in [9.17, 15) is 29.7 Å². The number of methoxy groups -OCH3 is 4. The van der Waals surface area contributed by atoms with E-state index < -0.39 is 30.0 Å². The quantitative estimate of drug-likeness (QED) is 0.112. The van der Waals surface area contributed by atoms with Crippen molar-refractivity contribution in [3.63, 3.8) is 0 Å². The molecule has 4 atom stereocenters. The molecule has 1 fully saturated rings. The van der Waals surface area contributed by atoms with Crippen LogP contribution in [-0.4, -0.2) is 146 Å². The summed E-state index contributed by atoms with van der Waals surface area (Å²) in [5, 5.41) is 35.1. The largest absolute Gasteiger partial charge is 0.497 e. The van der Waals surface area contributed by atoms with E-state index in [2.05, 4.69) is 5.32 Å². The number of nitrogens with zero attached hydrogens (tertiary/aromatic N) is 3. The van der Waals surface area contributed by atoms with Gasteiger partial charge in [0.15, 0.2) is 0 Å². The number of hydrogen-bond donors (Lipinski definition) is 4. The van der Waals surface area contributed by atoms with E-state index in [0.717, 1.165) is 22.3 Å². The minimum absolute atomic E-state index is 0.186. The van der Waals surface area contributed by atoms with E-state index in [1.165, 1.54) is 0 Å². The van der Waals surface area contributed by atoms with Crippen molar-refractivity contribution in [1.82, 2.24) is 20.0 Å². The fraction of sp³-hybridized carbons (Fsp3) is 0.413. The van der Waals surface area contributed by atoms with Crippen molar-refractivity contribution in [2.75, 3.05) is 74.3 Å². The monoisotopic (exact) mass is 826 g/mol. The summed E-state index contributed by atoms with van der Waals surface area (Å²) in [5.41, 5.74) is 3.82. The van der Waals surface area contributed by atoms with Gasteiger partial charge in [-0.2, -0.15) is 0 Å². The van der Waals surface area contributed by atoms with Gasteiger partial charge in [-0.3, -0.25) is 29.1 Å². The molecule has 0 radical (unpaired) electrons. The molecule has 1 aliphatic rings. The molecular formula is C46H58N4O10. The number of rotatable bonds is 18. The van der Waals surface area contributed by atoms with Gasteiger partial charge in [0.1, 0.15) is 23.0 Å². The molecule has 0 bridgehead atoms. The lowest BCUT2D eigenvalue weighted by atomic mass is 9.96. The standard InChI is InChI=1S/C46H58N4O10/c1-57-40-13-5-32(6-14-40)21-36-26-48(29-44(51)52)38(23-34-9-17-42(59-3)18-10-34)28-50(31-46(55)56)39(24-35-11-19-43(60-4)20-12-35)27-49(30-45(53)54)37(25-47-36)22-33-7-15-41(58-2)16-8-33/h5-20,36-39,47H,21-31H2,1-4H3,(H,51,52)(H,53,54)(H,55,56)/t36-,37-,38-,39-/m0/s1. The Bertz CT molecular complexity index is 1930. The van der Waals surface area contributed by atoms with E-state index in [-0.39, 0.29) is 44.8 Å². The maximum absolute atomic E-state index is 12.8. The molecule has 0 aromatic heterocycles. The first kappa shape index (κ1) is 45.4. The summed E-state index contributed by atoms with van der Waals surface area (Å²) in [5.74, 6) is -0.296. The van der Waals surface area contributed by atoms with Crippen molar-refractivity contribution >= 4 is 17.9 Å². The second-order valence-corrected chi connectivity index (χ2v) is 15.2. The molecule has 1 heterocycles. The van der Waals surface area contributed by atoms with Crippen LogP contribution >= 0.6 is 0 Å². The van der Waals surface area contributed by atoms with Gasteiger partial charge in [0.05, 0.1) is 48.1 Å². The second-order valence-electron chi connectivity index (χ2n) is 15.2. The van der Waals surface area contributed by atoms with Crippen molar-refractivity contribution in [3.8, 4) is 23.0 Å². The van der Waals surface area contributed by atoms with Crippen LogP contribution in [0.4, 0.5) is 0 Å². The lowest BCUT2D eigenvalue weighted by Gasteiger charge is -2.43. The molecule has 1 saturated heterocycles. The number of carboxylic acid groups (broad SMARTS) is 3. The van der Waals surface area contributed by atoms with Crippen molar-refractivity contribution < 1.29 is 48.7 Å². The van der Waals surface area contributed by atoms with Gasteiger partial charge < -0.3 is 39.6 Å². The van der Waals surface area contributed by atoms with Gasteiger partial charge >= 0.3 is 17.9 Å². The summed E-state index contributed by atoms with van der Waals surface area (Å²) in [6, 6.07) is 29.0. The van der Waals surface area contributed by atoms with Crippen molar-refractivity contribution in [1.29, 1.82) is 0 Å². The number of aliphatic carboxylic acids is 3. The second kappa shape index (κ2) is 22.6. The molecule has 322 valence electrons. The first-order valence-electron chi connectivity index (χ1n) is 20.1. The molecule has 4 N–H and O–H groups in total. The summed E-state index contributed by atoms with van der Waals surface area (Å²) in [6.45, 7) is 0.142. The molecule has 60 heavy (non-hydrogen) atoms. The fourth-order valence-corrected chi connectivity index (χ4v) is 7.97. The molecule has 4 aromatic rings. The average Bonchev–Trinajstić information content (AvgIpc) is 3.24. The molecule has 4 aromatic carbocycles. The Kier molecular flexibility index (Phi) is 17.1. The molecule has 0 aliphatic carbocycles. The highest BCUT2D eigenvalue weighted by Gasteiger charge is 2.34. The first-order valence-corrected chi connectivity index (χ1v) is 20.1. The maximum atomic E-state index is 12.8. The van der Waals surface area contributed by atoms with Crippen molar-refractivity contribution in [2.45, 2.75) is 49.9 Å². The topological polar surface area (TPSA) is 171 Å². The Morgan fingerprint density at radius 2 is 0.750 bits per heavy atom. The fourth-order valence-electron chi connectivity index (χ4n) is 7.97. The Labute approximate surface area is 352 Å². The van der Waals surface area contributed by atoms with Crippen molar-refractivity contribution in [2.24, 2.45) is 0 Å². The molecule has 0 saturated carbocycles. The van der Waals surface area contributed by atoms with Crippen LogP contribution in [0, 0.1) is 0 Å². The molecule has 0 amide bonds. The summed E-state index contributed by atoms with van der Waals surface area (Å²) in [7, 11) is 6.39. The third-order valence-corrected chi connectivity index (χ3v) is 11.1. The van der Waals surface area contributed by atoms with Crippen LogP contribution in [0.1, 0.15) is 22.3 Å². The zero-order valence-corrected chi connectivity index (χ0v) is 34.9. The van der Waals surface area contributed by atoms with E-state index in [4.69, 9.17) is 18.9 Å². The average molecular weight is 827 g/mol. The number of hydrogen-bond acceptors (Lipinski definition) is 11. The van der Waals surface area contributed by atoms with Gasteiger partial charge in [-0.15, -0.1) is 0 Å². The van der Waals surface area contributed by atoms with Crippen LogP contribution in [-0.2, 0) is 40.1 Å². The van der Waals surface area contributed by atoms with Gasteiger partial charge in [0.2, 0.25) is 0 Å². The van der Waals surface area contributed by atoms with Gasteiger partial charge in [-0.05, 0) is 96.5 Å². The Morgan fingerprint density at radius 3 is 1.07 bits per heavy atom. The van der Waals surface area contributed by atoms with Gasteiger partial charge in [-0.1, -0.05) is 48.5 Å². The third-order valence-electron chi connectivity index (χ3n) is 11.1. The number of carboxylic acids is 3. The van der Waals surface area contributed by atoms with Crippen LogP contribution in [0.5, 0.6) is 23.0 Å². The van der Waals surface area contributed by atoms with Crippen LogP contribution in [0.25, 0.3) is 0 Å². The zero-order valence-electron chi connectivity index (χ0n) is 34.9. The normalized spacial score (nSPS) is 19.7. The number of nitrogens with one attached hydrogen (secondary N) is 1. The minimum Gasteiger partial charge on any atom is -0.497 e. The van der Waals surface area contributed by atoms with Crippen molar-refractivity contribution in [3.05, 3.63) is 119 Å². The molecule has 14 nitrogen and oxygen atoms in total. The molecular weight excluding hydrogens is 769 g/mol. The zero-order chi connectivity index (χ0) is 43.0. The Morgan fingerprint density at radius 1 is 0.467 bits per heavy atom. The minimum atomic E-state index is -1.05. The SMILES string of the molecule is COc1ccc(C[C@H]2CN(CC(=O)O)[C@@H](Cc3ccc(OC)cc3)CN(CC(=O)O)[C@@H](Cc3ccc(OC)cc3)CN(CC(=O)O)[C@@H](Cc3ccc(OC)cc3)CN2)cc1. The molecule has 1 aliphatic heterocycles. The van der Waals surface area contributed by atoms with Crippen LogP contribution in [0.2, 0.25) is 0 Å². The van der Waals surface area contributed by atoms with Gasteiger partial charge in [0, 0.05) is 50.3 Å². The van der Waals surface area contributed by atoms with E-state index in [1.54, 1.807) is 28.4 Å². The Hall–Kier alpha value is -5.67. The maximum Gasteiger partial charge on any atom is 0.317 e. The summed E-state index contributed by atoms with van der Waals surface area (Å²) < 4.78 is 21.6. The molecule has 0 spiro atoms. The Balaban J connectivity index is 1.65. The van der Waals surface area contributed by atoms with Gasteiger partial charge in [0.25, 0.3) is 0 Å². The number of benzene rings is 4. The van der Waals surface area contributed by atoms with E-state index >= 15 is 0 Å². The van der Waals surface area contributed by atoms with Crippen LogP contribution < -0.4 is 24.3 Å². The summed E-state index contributed by atoms with van der Waals surface area (Å²) in [4.78, 5) is 44.1. The lowest BCUT2D eigenvalue weighted by molar-refractivity contribution is -0.142. The summed E-state index contributed by atoms with van der Waals surface area (Å²) in [6.07, 6.45) is 1.82. The summed E-state index contributed by atoms with van der Waals surface area (Å²) >= 11 is 0. The third kappa shape index (κ3) is 14.0. The highest BCUT2D eigenvalue weighted by molar-refractivity contribution is 5.70.